The Bertz CT molecular complexity index is 455. The van der Waals surface area contributed by atoms with Crippen LogP contribution in [0, 0.1) is 0 Å². The Morgan fingerprint density at radius 1 is 1.18 bits per heavy atom. The van der Waals surface area contributed by atoms with E-state index in [1.54, 1.807) is 11.8 Å². The van der Waals surface area contributed by atoms with Gasteiger partial charge in [0.1, 0.15) is 0 Å². The van der Waals surface area contributed by atoms with Crippen LogP contribution in [0.4, 0.5) is 10.5 Å². The molecule has 0 aromatic heterocycles. The Morgan fingerprint density at radius 2 is 1.77 bits per heavy atom. The van der Waals surface area contributed by atoms with E-state index in [-0.39, 0.29) is 12.1 Å². The maximum atomic E-state index is 12.2. The summed E-state index contributed by atoms with van der Waals surface area (Å²) in [6.07, 6.45) is 0.270. The van der Waals surface area contributed by atoms with Gasteiger partial charge in [0.2, 0.25) is 0 Å². The molecule has 0 fully saturated rings. The van der Waals surface area contributed by atoms with E-state index in [0.29, 0.717) is 13.1 Å². The molecule has 5 nitrogen and oxygen atoms in total. The minimum atomic E-state index is -0.522. The Labute approximate surface area is 133 Å². The third-order valence-corrected chi connectivity index (χ3v) is 3.49. The molecular weight excluding hydrogens is 278 g/mol. The molecule has 0 spiro atoms. The van der Waals surface area contributed by atoms with E-state index in [0.717, 1.165) is 12.1 Å². The second-order valence-corrected chi connectivity index (χ2v) is 6.14. The van der Waals surface area contributed by atoms with Crippen molar-refractivity contribution in [2.75, 3.05) is 32.1 Å². The van der Waals surface area contributed by atoms with Gasteiger partial charge in [-0.25, -0.2) is 4.79 Å². The van der Waals surface area contributed by atoms with Gasteiger partial charge in [-0.1, -0.05) is 12.1 Å². The van der Waals surface area contributed by atoms with Crippen molar-refractivity contribution in [2.45, 2.75) is 39.3 Å². The summed E-state index contributed by atoms with van der Waals surface area (Å²) >= 11 is 0. The van der Waals surface area contributed by atoms with Crippen molar-refractivity contribution < 1.29 is 9.90 Å². The Hall–Kier alpha value is -1.75. The zero-order valence-electron chi connectivity index (χ0n) is 14.3. The fourth-order valence-electron chi connectivity index (χ4n) is 2.19. The van der Waals surface area contributed by atoms with Gasteiger partial charge in [0.05, 0.1) is 6.10 Å². The van der Waals surface area contributed by atoms with Crippen LogP contribution in [-0.4, -0.2) is 55.4 Å². The number of carbonyl (C=O) groups is 1. The molecule has 22 heavy (non-hydrogen) atoms. The molecule has 1 aromatic rings. The molecule has 2 N–H and O–H groups in total. The lowest BCUT2D eigenvalue weighted by Crippen LogP contribution is -2.47. The highest BCUT2D eigenvalue weighted by Gasteiger charge is 2.17. The van der Waals surface area contributed by atoms with Crippen molar-refractivity contribution in [1.82, 2.24) is 10.2 Å². The van der Waals surface area contributed by atoms with E-state index in [1.165, 1.54) is 5.56 Å². The number of nitrogens with zero attached hydrogens (tertiary/aromatic N) is 2. The number of benzene rings is 1. The van der Waals surface area contributed by atoms with Crippen LogP contribution in [0.1, 0.15) is 26.3 Å². The van der Waals surface area contributed by atoms with E-state index >= 15 is 0 Å². The van der Waals surface area contributed by atoms with Gasteiger partial charge < -0.3 is 20.2 Å². The molecule has 0 aliphatic heterocycles. The first-order valence-corrected chi connectivity index (χ1v) is 7.80. The molecule has 5 heteroatoms. The van der Waals surface area contributed by atoms with Gasteiger partial charge in [-0.2, -0.15) is 0 Å². The summed E-state index contributed by atoms with van der Waals surface area (Å²) in [5.74, 6) is 0. The van der Waals surface area contributed by atoms with Crippen molar-refractivity contribution in [3.8, 4) is 0 Å². The fraction of sp³-hybridized carbons (Fsp3) is 0.588. The Morgan fingerprint density at radius 3 is 2.23 bits per heavy atom. The van der Waals surface area contributed by atoms with Crippen LogP contribution >= 0.6 is 0 Å². The van der Waals surface area contributed by atoms with Crippen molar-refractivity contribution in [2.24, 2.45) is 0 Å². The lowest BCUT2D eigenvalue weighted by molar-refractivity contribution is 0.119. The molecule has 1 rings (SSSR count). The van der Waals surface area contributed by atoms with Gasteiger partial charge in [-0.05, 0) is 44.9 Å². The Kier molecular flexibility index (Phi) is 7.18. The standard InChI is InChI=1S/C17H29N3O2/c1-13(2)20(12-14(3)21)17(22)18-11-10-15-6-8-16(9-7-15)19(4)5/h6-9,13-14,21H,10-12H2,1-5H3,(H,18,22). The summed E-state index contributed by atoms with van der Waals surface area (Å²) in [5.41, 5.74) is 2.35. The summed E-state index contributed by atoms with van der Waals surface area (Å²) < 4.78 is 0. The molecule has 0 aliphatic rings. The van der Waals surface area contributed by atoms with Gasteiger partial charge in [0.25, 0.3) is 0 Å². The molecule has 2 amide bonds. The normalized spacial score (nSPS) is 12.1. The first-order valence-electron chi connectivity index (χ1n) is 7.80. The molecule has 0 saturated carbocycles. The molecule has 0 radical (unpaired) electrons. The first-order chi connectivity index (χ1) is 10.3. The van der Waals surface area contributed by atoms with Crippen molar-refractivity contribution in [1.29, 1.82) is 0 Å². The maximum Gasteiger partial charge on any atom is 0.317 e. The average molecular weight is 307 g/mol. The number of hydrogen-bond donors (Lipinski definition) is 2. The van der Waals surface area contributed by atoms with Crippen LogP contribution in [0.3, 0.4) is 0 Å². The first kappa shape index (κ1) is 18.3. The summed E-state index contributed by atoms with van der Waals surface area (Å²) in [6.45, 7) is 6.52. The third-order valence-electron chi connectivity index (χ3n) is 3.49. The van der Waals surface area contributed by atoms with E-state index in [4.69, 9.17) is 0 Å². The second kappa shape index (κ2) is 8.63. The number of hydrogen-bond acceptors (Lipinski definition) is 3. The smallest absolute Gasteiger partial charge is 0.317 e. The largest absolute Gasteiger partial charge is 0.392 e. The maximum absolute atomic E-state index is 12.2. The number of anilines is 1. The van der Waals surface area contributed by atoms with Crippen LogP contribution in [0.5, 0.6) is 0 Å². The summed E-state index contributed by atoms with van der Waals surface area (Å²) in [6, 6.07) is 8.25. The van der Waals surface area contributed by atoms with Crippen LogP contribution in [0.2, 0.25) is 0 Å². The number of amides is 2. The number of rotatable bonds is 7. The van der Waals surface area contributed by atoms with Crippen LogP contribution < -0.4 is 10.2 Å². The molecule has 0 bridgehead atoms. The molecule has 124 valence electrons. The van der Waals surface area contributed by atoms with E-state index < -0.39 is 6.10 Å². The quantitative estimate of drug-likeness (QED) is 0.811. The van der Waals surface area contributed by atoms with Crippen molar-refractivity contribution in [3.63, 3.8) is 0 Å². The van der Waals surface area contributed by atoms with E-state index in [9.17, 15) is 9.90 Å². The topological polar surface area (TPSA) is 55.8 Å². The number of aliphatic hydroxyl groups is 1. The van der Waals surface area contributed by atoms with Crippen LogP contribution in [0.25, 0.3) is 0 Å². The van der Waals surface area contributed by atoms with Gasteiger partial charge in [0.15, 0.2) is 0 Å². The molecule has 1 unspecified atom stereocenters. The summed E-state index contributed by atoms with van der Waals surface area (Å²) in [7, 11) is 4.02. The van der Waals surface area contributed by atoms with Crippen LogP contribution in [-0.2, 0) is 6.42 Å². The third kappa shape index (κ3) is 5.93. The van der Waals surface area contributed by atoms with Gasteiger partial charge in [0, 0.05) is 38.9 Å². The van der Waals surface area contributed by atoms with Crippen molar-refractivity contribution in [3.05, 3.63) is 29.8 Å². The zero-order valence-corrected chi connectivity index (χ0v) is 14.3. The van der Waals surface area contributed by atoms with Crippen LogP contribution in [0.15, 0.2) is 24.3 Å². The lowest BCUT2D eigenvalue weighted by atomic mass is 10.1. The summed E-state index contributed by atoms with van der Waals surface area (Å²) in [4.78, 5) is 15.9. The second-order valence-electron chi connectivity index (χ2n) is 6.14. The highest BCUT2D eigenvalue weighted by Crippen LogP contribution is 2.12. The SMILES string of the molecule is CC(O)CN(C(=O)NCCc1ccc(N(C)C)cc1)C(C)C. The predicted octanol–water partition coefficient (Wildman–Crippen LogP) is 2.10. The number of aliphatic hydroxyl groups excluding tert-OH is 1. The molecule has 0 saturated heterocycles. The minimum Gasteiger partial charge on any atom is -0.392 e. The Balaban J connectivity index is 2.46. The number of urea groups is 1. The zero-order chi connectivity index (χ0) is 16.7. The summed E-state index contributed by atoms with van der Waals surface area (Å²) in [5, 5.41) is 12.4. The fourth-order valence-corrected chi connectivity index (χ4v) is 2.19. The average Bonchev–Trinajstić information content (AvgIpc) is 2.44. The molecule has 0 heterocycles. The molecule has 1 aromatic carbocycles. The van der Waals surface area contributed by atoms with Crippen molar-refractivity contribution >= 4 is 11.7 Å². The number of carbonyl (C=O) groups excluding carboxylic acids is 1. The minimum absolute atomic E-state index is 0.0639. The highest BCUT2D eigenvalue weighted by molar-refractivity contribution is 5.74. The molecule has 0 aliphatic carbocycles. The molecular formula is C17H29N3O2. The van der Waals surface area contributed by atoms with E-state index in [1.807, 2.05) is 27.9 Å². The monoisotopic (exact) mass is 307 g/mol. The molecule has 1 atom stereocenters. The van der Waals surface area contributed by atoms with Gasteiger partial charge >= 0.3 is 6.03 Å². The highest BCUT2D eigenvalue weighted by atomic mass is 16.3. The number of nitrogens with one attached hydrogen (secondary N) is 1. The predicted molar refractivity (Wildman–Crippen MR) is 91.4 cm³/mol. The van der Waals surface area contributed by atoms with Gasteiger partial charge in [-0.3, -0.25) is 0 Å². The van der Waals surface area contributed by atoms with E-state index in [2.05, 4.69) is 34.5 Å². The lowest BCUT2D eigenvalue weighted by Gasteiger charge is -2.28. The van der Waals surface area contributed by atoms with Gasteiger partial charge in [-0.15, -0.1) is 0 Å².